The molecule has 5 rings (SSSR count). The summed E-state index contributed by atoms with van der Waals surface area (Å²) in [6, 6.07) is 10.9. The molecule has 2 aliphatic rings. The molecule has 1 aliphatic heterocycles. The van der Waals surface area contributed by atoms with Gasteiger partial charge in [-0.15, -0.1) is 11.3 Å². The molecule has 31 heavy (non-hydrogen) atoms. The Labute approximate surface area is 187 Å². The summed E-state index contributed by atoms with van der Waals surface area (Å²) in [6.45, 7) is 2.11. The zero-order valence-corrected chi connectivity index (χ0v) is 19.3. The van der Waals surface area contributed by atoms with Gasteiger partial charge < -0.3 is 14.5 Å². The van der Waals surface area contributed by atoms with Crippen molar-refractivity contribution in [1.82, 2.24) is 14.5 Å². The van der Waals surface area contributed by atoms with Crippen molar-refractivity contribution in [3.05, 3.63) is 51.9 Å². The zero-order valence-electron chi connectivity index (χ0n) is 18.5. The van der Waals surface area contributed by atoms with Crippen molar-refractivity contribution in [2.45, 2.75) is 37.8 Å². The first-order valence-corrected chi connectivity index (χ1v) is 11.9. The van der Waals surface area contributed by atoms with E-state index in [0.717, 1.165) is 29.2 Å². The highest BCUT2D eigenvalue weighted by Crippen LogP contribution is 2.42. The summed E-state index contributed by atoms with van der Waals surface area (Å²) in [5.41, 5.74) is 2.82. The third-order valence-electron chi connectivity index (χ3n) is 6.96. The second-order valence-electron chi connectivity index (χ2n) is 9.00. The molecule has 3 aromatic rings. The Kier molecular flexibility index (Phi) is 5.58. The van der Waals surface area contributed by atoms with Gasteiger partial charge in [-0.25, -0.2) is 4.98 Å². The maximum atomic E-state index is 13.2. The number of aromatic nitrogens is 2. The van der Waals surface area contributed by atoms with E-state index >= 15 is 0 Å². The Balaban J connectivity index is 1.41. The van der Waals surface area contributed by atoms with Gasteiger partial charge in [0.05, 0.1) is 17.3 Å². The van der Waals surface area contributed by atoms with Gasteiger partial charge in [-0.05, 0) is 69.6 Å². The van der Waals surface area contributed by atoms with Crippen LogP contribution in [-0.2, 0) is 4.74 Å². The molecule has 3 heterocycles. The Morgan fingerprint density at radius 3 is 2.52 bits per heavy atom. The summed E-state index contributed by atoms with van der Waals surface area (Å²) in [5, 5.41) is 0. The van der Waals surface area contributed by atoms with E-state index in [1.54, 1.807) is 18.0 Å². The maximum absolute atomic E-state index is 13.2. The van der Waals surface area contributed by atoms with Crippen LogP contribution in [0.3, 0.4) is 0 Å². The van der Waals surface area contributed by atoms with Gasteiger partial charge in [0.2, 0.25) is 0 Å². The van der Waals surface area contributed by atoms with Crippen LogP contribution in [-0.4, -0.2) is 54.8 Å². The lowest BCUT2D eigenvalue weighted by molar-refractivity contribution is 0.0205. The van der Waals surface area contributed by atoms with Crippen LogP contribution in [0.2, 0.25) is 0 Å². The normalized spacial score (nSPS) is 20.5. The van der Waals surface area contributed by atoms with Gasteiger partial charge in [0, 0.05) is 36.8 Å². The molecule has 1 saturated carbocycles. The first kappa shape index (κ1) is 20.7. The third-order valence-corrected chi connectivity index (χ3v) is 8.13. The average Bonchev–Trinajstić information content (AvgIpc) is 3.39. The number of rotatable bonds is 6. The SMILES string of the molecule is COC(c1cc2ncn(-c3ccc(N4CCC(N(C)C)C4)cc3)c(=O)c2s1)C1CCC1. The fourth-order valence-corrected chi connectivity index (χ4v) is 5.97. The van der Waals surface area contributed by atoms with Crippen molar-refractivity contribution in [2.24, 2.45) is 5.92 Å². The second-order valence-corrected chi connectivity index (χ2v) is 10.1. The fraction of sp³-hybridized carbons (Fsp3) is 0.500. The molecule has 164 valence electrons. The van der Waals surface area contributed by atoms with Crippen molar-refractivity contribution in [1.29, 1.82) is 0 Å². The summed E-state index contributed by atoms with van der Waals surface area (Å²) in [7, 11) is 6.05. The van der Waals surface area contributed by atoms with Crippen molar-refractivity contribution >= 4 is 27.2 Å². The van der Waals surface area contributed by atoms with Crippen molar-refractivity contribution in [3.8, 4) is 5.69 Å². The van der Waals surface area contributed by atoms with E-state index in [1.165, 1.54) is 42.7 Å². The van der Waals surface area contributed by atoms with Crippen LogP contribution in [0, 0.1) is 5.92 Å². The Hall–Kier alpha value is -2.22. The monoisotopic (exact) mass is 438 g/mol. The molecule has 0 bridgehead atoms. The highest BCUT2D eigenvalue weighted by Gasteiger charge is 2.30. The van der Waals surface area contributed by atoms with Crippen LogP contribution in [0.25, 0.3) is 15.9 Å². The Morgan fingerprint density at radius 1 is 1.16 bits per heavy atom. The summed E-state index contributed by atoms with van der Waals surface area (Å²) in [5.74, 6) is 0.561. The third kappa shape index (κ3) is 3.79. The van der Waals surface area contributed by atoms with Crippen LogP contribution in [0.1, 0.15) is 36.7 Å². The lowest BCUT2D eigenvalue weighted by Gasteiger charge is -2.32. The molecule has 0 N–H and O–H groups in total. The quantitative estimate of drug-likeness (QED) is 0.581. The topological polar surface area (TPSA) is 50.6 Å². The molecule has 0 radical (unpaired) electrons. The fourth-order valence-electron chi connectivity index (χ4n) is 4.76. The molecule has 2 unspecified atom stereocenters. The van der Waals surface area contributed by atoms with Crippen LogP contribution in [0.5, 0.6) is 0 Å². The number of ether oxygens (including phenoxy) is 1. The largest absolute Gasteiger partial charge is 0.376 e. The van der Waals surface area contributed by atoms with Crippen LogP contribution in [0.15, 0.2) is 41.5 Å². The van der Waals surface area contributed by atoms with Crippen molar-refractivity contribution in [3.63, 3.8) is 0 Å². The molecular formula is C24H30N4O2S. The van der Waals surface area contributed by atoms with E-state index in [4.69, 9.17) is 4.74 Å². The van der Waals surface area contributed by atoms with Crippen LogP contribution >= 0.6 is 11.3 Å². The number of thiophene rings is 1. The molecular weight excluding hydrogens is 408 g/mol. The van der Waals surface area contributed by atoms with E-state index < -0.39 is 0 Å². The summed E-state index contributed by atoms with van der Waals surface area (Å²) in [4.78, 5) is 23.7. The van der Waals surface area contributed by atoms with Crippen molar-refractivity contribution in [2.75, 3.05) is 39.2 Å². The smallest absolute Gasteiger partial charge is 0.275 e. The second kappa shape index (κ2) is 8.37. The molecule has 2 fully saturated rings. The zero-order chi connectivity index (χ0) is 21.5. The maximum Gasteiger partial charge on any atom is 0.275 e. The molecule has 1 aliphatic carbocycles. The minimum atomic E-state index is -0.00805. The molecule has 7 heteroatoms. The molecule has 2 aromatic heterocycles. The highest BCUT2D eigenvalue weighted by atomic mass is 32.1. The molecule has 6 nitrogen and oxygen atoms in total. The first-order valence-electron chi connectivity index (χ1n) is 11.1. The number of benzene rings is 1. The predicted molar refractivity (Wildman–Crippen MR) is 127 cm³/mol. The number of likely N-dealkylation sites (N-methyl/N-ethyl adjacent to an activating group) is 1. The predicted octanol–water partition coefficient (Wildman–Crippen LogP) is 4.08. The van der Waals surface area contributed by atoms with Gasteiger partial charge in [0.1, 0.15) is 11.0 Å². The molecule has 2 atom stereocenters. The highest BCUT2D eigenvalue weighted by molar-refractivity contribution is 7.19. The van der Waals surface area contributed by atoms with E-state index in [1.807, 2.05) is 18.2 Å². The molecule has 1 saturated heterocycles. The first-order chi connectivity index (χ1) is 15.0. The van der Waals surface area contributed by atoms with Crippen LogP contribution in [0.4, 0.5) is 5.69 Å². The minimum Gasteiger partial charge on any atom is -0.376 e. The number of fused-ring (bicyclic) bond motifs is 1. The summed E-state index contributed by atoms with van der Waals surface area (Å²) in [6.07, 6.45) is 6.57. The van der Waals surface area contributed by atoms with E-state index in [-0.39, 0.29) is 11.7 Å². The van der Waals surface area contributed by atoms with Gasteiger partial charge in [0.25, 0.3) is 5.56 Å². The van der Waals surface area contributed by atoms with E-state index in [2.05, 4.69) is 41.0 Å². The lowest BCUT2D eigenvalue weighted by atomic mass is 9.80. The van der Waals surface area contributed by atoms with Crippen LogP contribution < -0.4 is 10.5 Å². The van der Waals surface area contributed by atoms with E-state index in [0.29, 0.717) is 16.7 Å². The van der Waals surface area contributed by atoms with Gasteiger partial charge in [-0.1, -0.05) is 6.42 Å². The van der Waals surface area contributed by atoms with Gasteiger partial charge >= 0.3 is 0 Å². The molecule has 0 amide bonds. The Morgan fingerprint density at radius 2 is 1.90 bits per heavy atom. The Bertz CT molecular complexity index is 1120. The number of nitrogens with zero attached hydrogens (tertiary/aromatic N) is 4. The molecule has 1 aromatic carbocycles. The summed E-state index contributed by atoms with van der Waals surface area (Å²) >= 11 is 1.54. The molecule has 0 spiro atoms. The van der Waals surface area contributed by atoms with Gasteiger partial charge in [-0.3, -0.25) is 9.36 Å². The number of hydrogen-bond acceptors (Lipinski definition) is 6. The van der Waals surface area contributed by atoms with Gasteiger partial charge in [-0.2, -0.15) is 0 Å². The minimum absolute atomic E-state index is 0.00805. The number of methoxy groups -OCH3 is 1. The van der Waals surface area contributed by atoms with Crippen molar-refractivity contribution < 1.29 is 4.74 Å². The van der Waals surface area contributed by atoms with Gasteiger partial charge in [0.15, 0.2) is 0 Å². The lowest BCUT2D eigenvalue weighted by Crippen LogP contribution is -2.31. The number of anilines is 1. The standard InChI is InChI=1S/C24H30N4O2S/c1-26(2)19-11-12-27(14-19)17-7-9-18(10-8-17)28-15-25-20-13-21(31-23(20)24(28)29)22(30-3)16-5-4-6-16/h7-10,13,15-16,19,22H,4-6,11-12,14H2,1-3H3. The summed E-state index contributed by atoms with van der Waals surface area (Å²) < 4.78 is 8.14. The average molecular weight is 439 g/mol. The number of hydrogen-bond donors (Lipinski definition) is 0. The van der Waals surface area contributed by atoms with E-state index in [9.17, 15) is 4.79 Å².